The van der Waals surface area contributed by atoms with Crippen LogP contribution in [0.1, 0.15) is 34.8 Å². The van der Waals surface area contributed by atoms with Gasteiger partial charge >= 0.3 is 5.97 Å². The van der Waals surface area contributed by atoms with E-state index in [-0.39, 0.29) is 6.54 Å². The Kier molecular flexibility index (Phi) is 8.04. The molecule has 8 nitrogen and oxygen atoms in total. The van der Waals surface area contributed by atoms with Crippen LogP contribution in [0.3, 0.4) is 0 Å². The summed E-state index contributed by atoms with van der Waals surface area (Å²) in [5.41, 5.74) is 3.69. The van der Waals surface area contributed by atoms with Gasteiger partial charge in [0.15, 0.2) is 0 Å². The van der Waals surface area contributed by atoms with E-state index in [1.165, 1.54) is 0 Å². The second-order valence-corrected chi connectivity index (χ2v) is 9.50. The highest BCUT2D eigenvalue weighted by atomic mass is 79.9. The third-order valence-electron chi connectivity index (χ3n) is 6.42. The molecule has 0 unspecified atom stereocenters. The van der Waals surface area contributed by atoms with Gasteiger partial charge in [-0.25, -0.2) is 0 Å². The average molecular weight is 570 g/mol. The number of carboxylic acids is 1. The number of carbonyl (C=O) groups is 2. The number of methoxy groups -OCH3 is 3. The van der Waals surface area contributed by atoms with Crippen molar-refractivity contribution in [3.8, 4) is 17.2 Å². The number of carbonyl (C=O) groups excluding carboxylic acids is 1. The van der Waals surface area contributed by atoms with Crippen molar-refractivity contribution in [1.29, 1.82) is 0 Å². The number of halogens is 1. The third kappa shape index (κ3) is 5.42. The summed E-state index contributed by atoms with van der Waals surface area (Å²) in [6.45, 7) is 2.05. The van der Waals surface area contributed by atoms with Crippen LogP contribution < -0.4 is 19.1 Å². The van der Waals surface area contributed by atoms with Crippen molar-refractivity contribution < 1.29 is 33.6 Å². The Bertz CT molecular complexity index is 1330. The van der Waals surface area contributed by atoms with Crippen LogP contribution in [0.25, 0.3) is 0 Å². The quantitative estimate of drug-likeness (QED) is 0.394. The van der Waals surface area contributed by atoms with Gasteiger partial charge in [0, 0.05) is 21.7 Å². The van der Waals surface area contributed by atoms with Gasteiger partial charge in [-0.2, -0.15) is 0 Å². The molecule has 0 fully saturated rings. The molecule has 0 aromatic heterocycles. The first kappa shape index (κ1) is 26.5. The minimum Gasteiger partial charge on any atom is -0.497 e. The van der Waals surface area contributed by atoms with Crippen molar-refractivity contribution in [2.45, 2.75) is 32.1 Å². The van der Waals surface area contributed by atoms with Gasteiger partial charge in [0.25, 0.3) is 5.91 Å². The lowest BCUT2D eigenvalue weighted by Gasteiger charge is -2.26. The normalized spacial score (nSPS) is 17.1. The van der Waals surface area contributed by atoms with Crippen LogP contribution in [-0.2, 0) is 20.9 Å². The predicted octanol–water partition coefficient (Wildman–Crippen LogP) is 5.28. The molecule has 3 aromatic rings. The number of ether oxygens (including phenoxy) is 4. The fourth-order valence-electron chi connectivity index (χ4n) is 4.56. The van der Waals surface area contributed by atoms with Crippen molar-refractivity contribution >= 4 is 33.5 Å². The van der Waals surface area contributed by atoms with Crippen molar-refractivity contribution in [2.24, 2.45) is 0 Å². The number of fused-ring (bicyclic) bond motifs is 1. The van der Waals surface area contributed by atoms with Crippen LogP contribution in [0.4, 0.5) is 5.69 Å². The fourth-order valence-corrected chi connectivity index (χ4v) is 4.94. The summed E-state index contributed by atoms with van der Waals surface area (Å²) in [4.78, 5) is 27.2. The number of amides is 1. The van der Waals surface area contributed by atoms with E-state index in [0.717, 1.165) is 26.7 Å². The van der Waals surface area contributed by atoms with Gasteiger partial charge in [0.2, 0.25) is 0 Å². The summed E-state index contributed by atoms with van der Waals surface area (Å²) in [5, 5.41) is 9.63. The molecule has 0 aliphatic carbocycles. The third-order valence-corrected chi connectivity index (χ3v) is 6.91. The van der Waals surface area contributed by atoms with Crippen molar-refractivity contribution in [1.82, 2.24) is 0 Å². The van der Waals surface area contributed by atoms with Gasteiger partial charge in [0.1, 0.15) is 29.5 Å². The Morgan fingerprint density at radius 2 is 1.76 bits per heavy atom. The lowest BCUT2D eigenvalue weighted by atomic mass is 9.95. The number of rotatable bonds is 8. The zero-order chi connectivity index (χ0) is 26.7. The predicted molar refractivity (Wildman–Crippen MR) is 142 cm³/mol. The lowest BCUT2D eigenvalue weighted by molar-refractivity contribution is -0.147. The molecule has 2 atom stereocenters. The second-order valence-electron chi connectivity index (χ2n) is 8.58. The van der Waals surface area contributed by atoms with E-state index in [0.29, 0.717) is 22.9 Å². The maximum Gasteiger partial charge on any atom is 0.306 e. The first-order valence-corrected chi connectivity index (χ1v) is 12.4. The number of hydrogen-bond acceptors (Lipinski definition) is 6. The topological polar surface area (TPSA) is 94.5 Å². The number of benzene rings is 3. The molecular formula is C28H28BrNO7. The van der Waals surface area contributed by atoms with Crippen molar-refractivity contribution in [3.63, 3.8) is 0 Å². The summed E-state index contributed by atoms with van der Waals surface area (Å²) >= 11 is 3.55. The summed E-state index contributed by atoms with van der Waals surface area (Å²) < 4.78 is 23.5. The standard InChI is InChI=1S/C28H28BrNO7/c1-16-20(6-5-7-23(16)35-3)27-21-12-18(29)9-11-22(21)30(28(33)25(37-27)14-26(31)32)15-17-8-10-19(34-2)13-24(17)36-4/h5-13,25,27H,14-15H2,1-4H3,(H,31,32)/t25-,27-/m0/s1. The zero-order valence-electron chi connectivity index (χ0n) is 21.0. The summed E-state index contributed by atoms with van der Waals surface area (Å²) in [6, 6.07) is 16.5. The molecule has 9 heteroatoms. The highest BCUT2D eigenvalue weighted by molar-refractivity contribution is 9.10. The molecule has 3 aromatic carbocycles. The molecule has 194 valence electrons. The van der Waals surface area contributed by atoms with Gasteiger partial charge in [-0.15, -0.1) is 0 Å². The molecule has 1 aliphatic rings. The SMILES string of the molecule is COc1ccc(CN2C(=O)[C@H](CC(=O)O)O[C@@H](c3cccc(OC)c3C)c3cc(Br)ccc32)c(OC)c1. The maximum absolute atomic E-state index is 13.9. The first-order chi connectivity index (χ1) is 17.8. The average Bonchev–Trinajstić information content (AvgIpc) is 2.99. The Balaban J connectivity index is 1.90. The molecule has 0 radical (unpaired) electrons. The van der Waals surface area contributed by atoms with E-state index in [1.54, 1.807) is 38.4 Å². The van der Waals surface area contributed by atoms with Gasteiger partial charge in [-0.05, 0) is 54.4 Å². The molecule has 1 aliphatic heterocycles. The van der Waals surface area contributed by atoms with Gasteiger partial charge < -0.3 is 29.0 Å². The summed E-state index contributed by atoms with van der Waals surface area (Å²) in [6.07, 6.45) is -2.41. The second kappa shape index (κ2) is 11.2. The molecule has 1 amide bonds. The van der Waals surface area contributed by atoms with Crippen molar-refractivity contribution in [2.75, 3.05) is 26.2 Å². The van der Waals surface area contributed by atoms with Crippen LogP contribution in [0.2, 0.25) is 0 Å². The summed E-state index contributed by atoms with van der Waals surface area (Å²) in [5.74, 6) is 0.252. The highest BCUT2D eigenvalue weighted by Gasteiger charge is 2.38. The first-order valence-electron chi connectivity index (χ1n) is 11.6. The smallest absolute Gasteiger partial charge is 0.306 e. The van der Waals surface area contributed by atoms with Crippen LogP contribution in [0.15, 0.2) is 59.1 Å². The molecule has 37 heavy (non-hydrogen) atoms. The Morgan fingerprint density at radius 3 is 2.43 bits per heavy atom. The van der Waals surface area contributed by atoms with Crippen molar-refractivity contribution in [3.05, 3.63) is 81.3 Å². The molecule has 0 bridgehead atoms. The Labute approximate surface area is 223 Å². The van der Waals surface area contributed by atoms with Gasteiger partial charge in [0.05, 0.1) is 40.0 Å². The van der Waals surface area contributed by atoms with Gasteiger partial charge in [-0.3, -0.25) is 9.59 Å². The Morgan fingerprint density at radius 1 is 1.00 bits per heavy atom. The largest absolute Gasteiger partial charge is 0.497 e. The van der Waals surface area contributed by atoms with E-state index in [9.17, 15) is 14.7 Å². The van der Waals surface area contributed by atoms with Gasteiger partial charge in [-0.1, -0.05) is 28.1 Å². The van der Waals surface area contributed by atoms with Crippen LogP contribution >= 0.6 is 15.9 Å². The fraction of sp³-hybridized carbons (Fsp3) is 0.286. The lowest BCUT2D eigenvalue weighted by Crippen LogP contribution is -2.40. The minimum atomic E-state index is -1.22. The number of hydrogen-bond donors (Lipinski definition) is 1. The van der Waals surface area contributed by atoms with E-state index < -0.39 is 30.5 Å². The molecule has 0 spiro atoms. The van der Waals surface area contributed by atoms with E-state index in [1.807, 2.05) is 49.4 Å². The van der Waals surface area contributed by atoms with E-state index >= 15 is 0 Å². The maximum atomic E-state index is 13.9. The number of anilines is 1. The number of aliphatic carboxylic acids is 1. The molecule has 0 saturated carbocycles. The van der Waals surface area contributed by atoms with Crippen LogP contribution in [-0.4, -0.2) is 44.4 Å². The molecule has 4 rings (SSSR count). The minimum absolute atomic E-state index is 0.143. The Hall–Kier alpha value is -3.56. The number of nitrogens with zero attached hydrogens (tertiary/aromatic N) is 1. The highest BCUT2D eigenvalue weighted by Crippen LogP contribution is 2.43. The monoisotopic (exact) mass is 569 g/mol. The molecule has 1 N–H and O–H groups in total. The molecular weight excluding hydrogens is 542 g/mol. The number of carboxylic acid groups (broad SMARTS) is 1. The van der Waals surface area contributed by atoms with E-state index in [2.05, 4.69) is 15.9 Å². The van der Waals surface area contributed by atoms with Crippen LogP contribution in [0, 0.1) is 6.92 Å². The summed E-state index contributed by atoms with van der Waals surface area (Å²) in [7, 11) is 4.70. The molecule has 0 saturated heterocycles. The molecule has 1 heterocycles. The van der Waals surface area contributed by atoms with E-state index in [4.69, 9.17) is 18.9 Å². The van der Waals surface area contributed by atoms with Crippen LogP contribution in [0.5, 0.6) is 17.2 Å². The zero-order valence-corrected chi connectivity index (χ0v) is 22.6.